The third-order valence-electron chi connectivity index (χ3n) is 3.40. The van der Waals surface area contributed by atoms with E-state index >= 15 is 0 Å². The number of nitrogen functional groups attached to an aromatic ring is 1. The first kappa shape index (κ1) is 14.8. The van der Waals surface area contributed by atoms with Crippen LogP contribution in [0.2, 0.25) is 0 Å². The van der Waals surface area contributed by atoms with E-state index in [1.165, 1.54) is 22.5 Å². The van der Waals surface area contributed by atoms with E-state index in [1.54, 1.807) is 0 Å². The molecule has 1 saturated heterocycles. The second kappa shape index (κ2) is 5.05. The summed E-state index contributed by atoms with van der Waals surface area (Å²) in [6, 6.07) is 5.97. The van der Waals surface area contributed by atoms with Crippen molar-refractivity contribution in [3.8, 4) is 6.07 Å². The maximum Gasteiger partial charge on any atom is 0.244 e. The lowest BCUT2D eigenvalue weighted by Crippen LogP contribution is -2.63. The fraction of sp³-hybridized carbons (Fsp3) is 0.462. The number of nitrogens with two attached hydrogens (primary N) is 1. The summed E-state index contributed by atoms with van der Waals surface area (Å²) in [7, 11) is -3.76. The molecule has 2 rings (SSSR count). The molecule has 108 valence electrons. The van der Waals surface area contributed by atoms with Crippen molar-refractivity contribution >= 4 is 15.7 Å². The molecule has 0 radical (unpaired) electrons. The van der Waals surface area contributed by atoms with Crippen molar-refractivity contribution in [1.82, 2.24) is 4.31 Å². The van der Waals surface area contributed by atoms with Gasteiger partial charge in [-0.15, -0.1) is 0 Å². The van der Waals surface area contributed by atoms with Gasteiger partial charge in [0.05, 0.1) is 11.2 Å². The SMILES string of the molecule is CCCC1(O)CN(S(=O)(=O)c2ccc(N)cc2C#N)C1. The van der Waals surface area contributed by atoms with Crippen molar-refractivity contribution < 1.29 is 13.5 Å². The van der Waals surface area contributed by atoms with Crippen LogP contribution in [0.5, 0.6) is 0 Å². The van der Waals surface area contributed by atoms with Crippen LogP contribution >= 0.6 is 0 Å². The van der Waals surface area contributed by atoms with Gasteiger partial charge in [0.2, 0.25) is 10.0 Å². The highest BCUT2D eigenvalue weighted by atomic mass is 32.2. The summed E-state index contributed by atoms with van der Waals surface area (Å²) in [4.78, 5) is -0.0623. The standard InChI is InChI=1S/C13H17N3O3S/c1-2-5-13(17)8-16(9-13)20(18,19)12-4-3-11(15)6-10(12)7-14/h3-4,6,17H,2,5,8-9,15H2,1H3. The lowest BCUT2D eigenvalue weighted by molar-refractivity contribution is -0.0653. The molecule has 0 unspecified atom stereocenters. The van der Waals surface area contributed by atoms with Crippen LogP contribution in [0.1, 0.15) is 25.3 Å². The van der Waals surface area contributed by atoms with Gasteiger partial charge < -0.3 is 10.8 Å². The van der Waals surface area contributed by atoms with E-state index in [9.17, 15) is 13.5 Å². The lowest BCUT2D eigenvalue weighted by atomic mass is 9.92. The number of rotatable bonds is 4. The maximum absolute atomic E-state index is 12.4. The molecule has 6 nitrogen and oxygen atoms in total. The maximum atomic E-state index is 12.4. The molecule has 0 atom stereocenters. The molecule has 20 heavy (non-hydrogen) atoms. The third-order valence-corrected chi connectivity index (χ3v) is 5.25. The summed E-state index contributed by atoms with van der Waals surface area (Å²) in [6.45, 7) is 2.07. The molecule has 0 aliphatic carbocycles. The Bertz CT molecular complexity index is 658. The number of hydrogen-bond acceptors (Lipinski definition) is 5. The zero-order valence-corrected chi connectivity index (χ0v) is 12.0. The van der Waals surface area contributed by atoms with Crippen LogP contribution in [0, 0.1) is 11.3 Å². The first-order valence-electron chi connectivity index (χ1n) is 6.34. The largest absolute Gasteiger partial charge is 0.399 e. The van der Waals surface area contributed by atoms with E-state index in [4.69, 9.17) is 11.0 Å². The van der Waals surface area contributed by atoms with Crippen molar-refractivity contribution in [2.45, 2.75) is 30.3 Å². The van der Waals surface area contributed by atoms with E-state index in [2.05, 4.69) is 0 Å². The van der Waals surface area contributed by atoms with Gasteiger partial charge in [0.25, 0.3) is 0 Å². The lowest BCUT2D eigenvalue weighted by Gasteiger charge is -2.45. The predicted molar refractivity (Wildman–Crippen MR) is 74.2 cm³/mol. The van der Waals surface area contributed by atoms with Crippen LogP contribution in [-0.2, 0) is 10.0 Å². The highest BCUT2D eigenvalue weighted by molar-refractivity contribution is 7.89. The second-order valence-electron chi connectivity index (χ2n) is 5.11. The molecule has 1 heterocycles. The Kier molecular flexibility index (Phi) is 3.73. The molecular weight excluding hydrogens is 278 g/mol. The third kappa shape index (κ3) is 2.50. The van der Waals surface area contributed by atoms with E-state index in [1.807, 2.05) is 13.0 Å². The van der Waals surface area contributed by atoms with Gasteiger partial charge in [-0.2, -0.15) is 9.57 Å². The molecule has 0 aromatic heterocycles. The van der Waals surface area contributed by atoms with Gasteiger partial charge in [-0.1, -0.05) is 13.3 Å². The molecule has 1 aromatic rings. The average molecular weight is 295 g/mol. The van der Waals surface area contributed by atoms with E-state index < -0.39 is 15.6 Å². The summed E-state index contributed by atoms with van der Waals surface area (Å²) < 4.78 is 26.0. The minimum Gasteiger partial charge on any atom is -0.399 e. The normalized spacial score (nSPS) is 18.2. The van der Waals surface area contributed by atoms with Crippen molar-refractivity contribution in [3.63, 3.8) is 0 Å². The van der Waals surface area contributed by atoms with Crippen LogP contribution < -0.4 is 5.73 Å². The van der Waals surface area contributed by atoms with Gasteiger partial charge in [0, 0.05) is 18.8 Å². The Morgan fingerprint density at radius 2 is 2.15 bits per heavy atom. The number of nitrogens with zero attached hydrogens (tertiary/aromatic N) is 2. The highest BCUT2D eigenvalue weighted by Crippen LogP contribution is 2.32. The van der Waals surface area contributed by atoms with Crippen molar-refractivity contribution in [2.75, 3.05) is 18.8 Å². The summed E-state index contributed by atoms with van der Waals surface area (Å²) in [5.74, 6) is 0. The van der Waals surface area contributed by atoms with Crippen molar-refractivity contribution in [2.24, 2.45) is 0 Å². The monoisotopic (exact) mass is 295 g/mol. The second-order valence-corrected chi connectivity index (χ2v) is 7.02. The molecule has 0 spiro atoms. The van der Waals surface area contributed by atoms with Gasteiger partial charge in [-0.3, -0.25) is 0 Å². The van der Waals surface area contributed by atoms with Gasteiger partial charge in [-0.25, -0.2) is 8.42 Å². The van der Waals surface area contributed by atoms with E-state index in [-0.39, 0.29) is 23.5 Å². The smallest absolute Gasteiger partial charge is 0.244 e. The number of anilines is 1. The summed E-state index contributed by atoms with van der Waals surface area (Å²) in [5, 5.41) is 19.1. The van der Waals surface area contributed by atoms with E-state index in [0.717, 1.165) is 6.42 Å². The molecule has 1 fully saturated rings. The Labute approximate surface area is 118 Å². The van der Waals surface area contributed by atoms with Crippen molar-refractivity contribution in [1.29, 1.82) is 5.26 Å². The fourth-order valence-corrected chi connectivity index (χ4v) is 4.12. The highest BCUT2D eigenvalue weighted by Gasteiger charge is 2.46. The molecule has 1 aliphatic rings. The quantitative estimate of drug-likeness (QED) is 0.794. The minimum absolute atomic E-state index is 0.0240. The molecule has 1 aliphatic heterocycles. The minimum atomic E-state index is -3.76. The number of sulfonamides is 1. The topological polar surface area (TPSA) is 107 Å². The van der Waals surface area contributed by atoms with Crippen LogP contribution in [-0.4, -0.2) is 36.5 Å². The zero-order chi connectivity index (χ0) is 15.0. The Balaban J connectivity index is 2.28. The molecule has 3 N–H and O–H groups in total. The van der Waals surface area contributed by atoms with Crippen LogP contribution in [0.15, 0.2) is 23.1 Å². The van der Waals surface area contributed by atoms with Crippen LogP contribution in [0.25, 0.3) is 0 Å². The zero-order valence-electron chi connectivity index (χ0n) is 11.2. The number of benzene rings is 1. The molecule has 1 aromatic carbocycles. The summed E-state index contributed by atoms with van der Waals surface area (Å²) in [5.41, 5.74) is 4.97. The predicted octanol–water partition coefficient (Wildman–Crippen LogP) is 0.676. The average Bonchev–Trinajstić information content (AvgIpc) is 2.35. The van der Waals surface area contributed by atoms with E-state index in [0.29, 0.717) is 12.1 Å². The number of nitriles is 1. The van der Waals surface area contributed by atoms with Crippen molar-refractivity contribution in [3.05, 3.63) is 23.8 Å². The first-order valence-corrected chi connectivity index (χ1v) is 7.78. The Morgan fingerprint density at radius 1 is 1.50 bits per heavy atom. The number of β-amino-alcohol motifs (C(OH)–C–C–N with tert-alkyl or cyclic N) is 1. The molecule has 0 saturated carbocycles. The van der Waals surface area contributed by atoms with Gasteiger partial charge in [0.1, 0.15) is 11.0 Å². The number of aliphatic hydroxyl groups is 1. The Hall–Kier alpha value is -1.62. The summed E-state index contributed by atoms with van der Waals surface area (Å²) in [6.07, 6.45) is 1.35. The van der Waals surface area contributed by atoms with Gasteiger partial charge in [0.15, 0.2) is 0 Å². The number of hydrogen-bond donors (Lipinski definition) is 2. The van der Waals surface area contributed by atoms with Gasteiger partial charge in [-0.05, 0) is 24.6 Å². The summed E-state index contributed by atoms with van der Waals surface area (Å²) >= 11 is 0. The first-order chi connectivity index (χ1) is 9.32. The fourth-order valence-electron chi connectivity index (χ4n) is 2.40. The van der Waals surface area contributed by atoms with Crippen LogP contribution in [0.3, 0.4) is 0 Å². The molecule has 7 heteroatoms. The molecular formula is C13H17N3O3S. The molecule has 0 bridgehead atoms. The molecule has 0 amide bonds. The van der Waals surface area contributed by atoms with Crippen LogP contribution in [0.4, 0.5) is 5.69 Å². The van der Waals surface area contributed by atoms with Gasteiger partial charge >= 0.3 is 0 Å². The Morgan fingerprint density at radius 3 is 2.70 bits per heavy atom.